The number of ketones is 1. The number of carboxylic acid groups (broad SMARTS) is 1. The Bertz CT molecular complexity index is 656. The van der Waals surface area contributed by atoms with Gasteiger partial charge in [-0.2, -0.15) is 0 Å². The van der Waals surface area contributed by atoms with Gasteiger partial charge in [0.05, 0.1) is 5.69 Å². The van der Waals surface area contributed by atoms with Crippen LogP contribution in [0.5, 0.6) is 0 Å². The molecule has 1 aromatic carbocycles. The van der Waals surface area contributed by atoms with E-state index in [1.54, 1.807) is 12.1 Å². The van der Waals surface area contributed by atoms with E-state index in [2.05, 4.69) is 4.98 Å². The Balaban J connectivity index is 2.11. The van der Waals surface area contributed by atoms with Crippen LogP contribution in [0.1, 0.15) is 21.7 Å². The number of aromatic nitrogens is 1. The second-order valence-electron chi connectivity index (χ2n) is 4.26. The molecule has 2 rings (SSSR count). The number of aromatic amines is 1. The van der Waals surface area contributed by atoms with Crippen molar-refractivity contribution in [2.24, 2.45) is 0 Å². The number of benzene rings is 1. The average molecular weight is 271 g/mol. The third-order valence-corrected chi connectivity index (χ3v) is 2.74. The summed E-state index contributed by atoms with van der Waals surface area (Å²) in [6.07, 6.45) is 1.32. The predicted octanol–water partition coefficient (Wildman–Crippen LogP) is 2.31. The van der Waals surface area contributed by atoms with Crippen LogP contribution in [0, 0.1) is 0 Å². The minimum Gasteiger partial charge on any atom is -0.502 e. The van der Waals surface area contributed by atoms with Crippen molar-refractivity contribution in [2.75, 3.05) is 0 Å². The number of carbonyl (C=O) groups excluding carboxylic acids is 1. The number of aliphatic hydroxyl groups is 1. The number of carbonyl (C=O) groups is 2. The van der Waals surface area contributed by atoms with Crippen molar-refractivity contribution < 1.29 is 19.8 Å². The lowest BCUT2D eigenvalue weighted by Gasteiger charge is -1.98. The fraction of sp³-hybridized carbons (Fsp3) is 0.0667. The van der Waals surface area contributed by atoms with Crippen molar-refractivity contribution >= 4 is 11.8 Å². The molecule has 1 aromatic heterocycles. The number of hydrogen-bond donors (Lipinski definition) is 3. The maximum atomic E-state index is 11.7. The van der Waals surface area contributed by atoms with E-state index in [9.17, 15) is 9.59 Å². The van der Waals surface area contributed by atoms with Crippen LogP contribution in [0.25, 0.3) is 0 Å². The average Bonchev–Trinajstić information content (AvgIpc) is 2.88. The lowest BCUT2D eigenvalue weighted by molar-refractivity contribution is -0.135. The largest absolute Gasteiger partial charge is 0.502 e. The Morgan fingerprint density at radius 2 is 1.75 bits per heavy atom. The highest BCUT2D eigenvalue weighted by atomic mass is 16.4. The van der Waals surface area contributed by atoms with E-state index < -0.39 is 17.5 Å². The summed E-state index contributed by atoms with van der Waals surface area (Å²) in [5.74, 6) is -3.09. The lowest BCUT2D eigenvalue weighted by atomic mass is 10.1. The Hall–Kier alpha value is -2.82. The number of hydrogen-bond acceptors (Lipinski definition) is 3. The first-order valence-electron chi connectivity index (χ1n) is 5.96. The van der Waals surface area contributed by atoms with Crippen molar-refractivity contribution in [2.45, 2.75) is 6.42 Å². The molecule has 0 saturated carbocycles. The number of nitrogens with one attached hydrogen (secondary N) is 1. The van der Waals surface area contributed by atoms with Gasteiger partial charge in [0, 0.05) is 18.2 Å². The molecule has 0 amide bonds. The van der Waals surface area contributed by atoms with Crippen LogP contribution in [0.2, 0.25) is 0 Å². The summed E-state index contributed by atoms with van der Waals surface area (Å²) in [5, 5.41) is 17.5. The Morgan fingerprint density at radius 1 is 1.05 bits per heavy atom. The van der Waals surface area contributed by atoms with Gasteiger partial charge in [0.2, 0.25) is 11.5 Å². The molecule has 3 N–H and O–H groups in total. The number of carboxylic acids is 1. The van der Waals surface area contributed by atoms with Crippen LogP contribution in [0.3, 0.4) is 0 Å². The number of H-pyrrole nitrogens is 1. The highest BCUT2D eigenvalue weighted by Gasteiger charge is 2.11. The number of rotatable bonds is 5. The number of aliphatic carboxylic acids is 1. The fourth-order valence-electron chi connectivity index (χ4n) is 1.77. The van der Waals surface area contributed by atoms with Gasteiger partial charge < -0.3 is 15.2 Å². The van der Waals surface area contributed by atoms with Crippen molar-refractivity contribution in [1.82, 2.24) is 4.98 Å². The third-order valence-electron chi connectivity index (χ3n) is 2.74. The summed E-state index contributed by atoms with van der Waals surface area (Å²) >= 11 is 0. The minimum absolute atomic E-state index is 0.240. The van der Waals surface area contributed by atoms with Crippen LogP contribution in [0.15, 0.2) is 54.3 Å². The van der Waals surface area contributed by atoms with Gasteiger partial charge in [0.25, 0.3) is 0 Å². The van der Waals surface area contributed by atoms with Gasteiger partial charge in [-0.1, -0.05) is 30.3 Å². The first-order valence-corrected chi connectivity index (χ1v) is 5.96. The van der Waals surface area contributed by atoms with E-state index in [4.69, 9.17) is 10.2 Å². The first kappa shape index (κ1) is 13.6. The molecule has 0 aliphatic carbocycles. The van der Waals surface area contributed by atoms with Gasteiger partial charge in [0.1, 0.15) is 0 Å². The molecule has 102 valence electrons. The minimum atomic E-state index is -1.53. The molecule has 0 atom stereocenters. The van der Waals surface area contributed by atoms with Crippen LogP contribution in [-0.4, -0.2) is 26.9 Å². The third kappa shape index (κ3) is 3.35. The molecular weight excluding hydrogens is 258 g/mol. The molecule has 20 heavy (non-hydrogen) atoms. The normalized spacial score (nSPS) is 11.3. The Kier molecular flexibility index (Phi) is 4.00. The zero-order valence-corrected chi connectivity index (χ0v) is 10.5. The van der Waals surface area contributed by atoms with Crippen molar-refractivity contribution in [3.05, 3.63) is 71.3 Å². The summed E-state index contributed by atoms with van der Waals surface area (Å²) in [6, 6.07) is 13.0. The fourth-order valence-corrected chi connectivity index (χ4v) is 1.77. The van der Waals surface area contributed by atoms with E-state index in [1.165, 1.54) is 0 Å². The van der Waals surface area contributed by atoms with Crippen LogP contribution >= 0.6 is 0 Å². The standard InChI is InChI=1S/C15H13NO4/c17-13(9-14(18)15(19)20)12-7-6-11(16-12)8-10-4-2-1-3-5-10/h1-7,9,16,18H,8H2,(H,19,20). The van der Waals surface area contributed by atoms with E-state index in [0.717, 1.165) is 11.3 Å². The van der Waals surface area contributed by atoms with Crippen LogP contribution in [-0.2, 0) is 11.2 Å². The number of aliphatic hydroxyl groups excluding tert-OH is 1. The predicted molar refractivity (Wildman–Crippen MR) is 72.7 cm³/mol. The number of allylic oxidation sites excluding steroid dienone is 1. The summed E-state index contributed by atoms with van der Waals surface area (Å²) in [7, 11) is 0. The molecule has 2 aromatic rings. The molecule has 0 spiro atoms. The monoisotopic (exact) mass is 271 g/mol. The molecule has 1 heterocycles. The molecule has 0 unspecified atom stereocenters. The van der Waals surface area contributed by atoms with Gasteiger partial charge in [-0.3, -0.25) is 4.79 Å². The summed E-state index contributed by atoms with van der Waals surface area (Å²) in [6.45, 7) is 0. The summed E-state index contributed by atoms with van der Waals surface area (Å²) < 4.78 is 0. The zero-order valence-electron chi connectivity index (χ0n) is 10.5. The van der Waals surface area contributed by atoms with Gasteiger partial charge in [0.15, 0.2) is 0 Å². The molecule has 0 fully saturated rings. The zero-order chi connectivity index (χ0) is 14.5. The molecule has 5 nitrogen and oxygen atoms in total. The summed E-state index contributed by atoms with van der Waals surface area (Å²) in [4.78, 5) is 25.0. The molecule has 0 radical (unpaired) electrons. The Labute approximate surface area is 115 Å². The summed E-state index contributed by atoms with van der Waals surface area (Å²) in [5.41, 5.74) is 2.17. The lowest BCUT2D eigenvalue weighted by Crippen LogP contribution is -2.04. The second kappa shape index (κ2) is 5.88. The molecule has 0 aliphatic rings. The van der Waals surface area contributed by atoms with Gasteiger partial charge >= 0.3 is 5.97 Å². The maximum absolute atomic E-state index is 11.7. The van der Waals surface area contributed by atoms with Gasteiger partial charge in [-0.05, 0) is 17.7 Å². The highest BCUT2D eigenvalue weighted by Crippen LogP contribution is 2.10. The van der Waals surface area contributed by atoms with E-state index in [0.29, 0.717) is 12.5 Å². The second-order valence-corrected chi connectivity index (χ2v) is 4.26. The SMILES string of the molecule is O=C(O)C(O)=CC(=O)c1ccc(Cc2ccccc2)[nH]1. The molecule has 0 saturated heterocycles. The van der Waals surface area contributed by atoms with Gasteiger partial charge in [-0.25, -0.2) is 4.79 Å². The maximum Gasteiger partial charge on any atom is 0.371 e. The smallest absolute Gasteiger partial charge is 0.371 e. The van der Waals surface area contributed by atoms with Crippen molar-refractivity contribution in [3.8, 4) is 0 Å². The van der Waals surface area contributed by atoms with Crippen LogP contribution < -0.4 is 0 Å². The Morgan fingerprint density at radius 3 is 2.40 bits per heavy atom. The van der Waals surface area contributed by atoms with Crippen molar-refractivity contribution in [3.63, 3.8) is 0 Å². The molecule has 0 aliphatic heterocycles. The van der Waals surface area contributed by atoms with E-state index in [1.807, 2.05) is 30.3 Å². The van der Waals surface area contributed by atoms with Crippen molar-refractivity contribution in [1.29, 1.82) is 0 Å². The highest BCUT2D eigenvalue weighted by molar-refractivity contribution is 6.06. The van der Waals surface area contributed by atoms with Gasteiger partial charge in [-0.15, -0.1) is 0 Å². The first-order chi connectivity index (χ1) is 9.56. The van der Waals surface area contributed by atoms with Crippen LogP contribution in [0.4, 0.5) is 0 Å². The molecule has 5 heteroatoms. The topological polar surface area (TPSA) is 90.4 Å². The quantitative estimate of drug-likeness (QED) is 0.442. The molecule has 0 bridgehead atoms. The molecular formula is C15H13NO4. The van der Waals surface area contributed by atoms with E-state index in [-0.39, 0.29) is 5.69 Å². The van der Waals surface area contributed by atoms with E-state index >= 15 is 0 Å².